The van der Waals surface area contributed by atoms with Gasteiger partial charge in [-0.2, -0.15) is 0 Å². The van der Waals surface area contributed by atoms with Gasteiger partial charge in [-0.3, -0.25) is 9.78 Å². The predicted octanol–water partition coefficient (Wildman–Crippen LogP) is 4.58. The third-order valence-electron chi connectivity index (χ3n) is 7.24. The first kappa shape index (κ1) is 19.9. The Morgan fingerprint density at radius 2 is 1.61 bits per heavy atom. The molecule has 3 aromatic rings. The highest BCUT2D eigenvalue weighted by atomic mass is 16.6. The summed E-state index contributed by atoms with van der Waals surface area (Å²) in [5.41, 5.74) is 3.66. The second-order valence-corrected chi connectivity index (χ2v) is 9.22. The minimum atomic E-state index is -0.693. The van der Waals surface area contributed by atoms with Crippen LogP contribution in [-0.4, -0.2) is 34.8 Å². The third kappa shape index (κ3) is 3.27. The summed E-state index contributed by atoms with van der Waals surface area (Å²) in [5, 5.41) is 0. The summed E-state index contributed by atoms with van der Waals surface area (Å²) in [5.74, 6) is -0.128. The molecule has 2 aliphatic heterocycles. The number of fused-ring (bicyclic) bond motifs is 2. The van der Waals surface area contributed by atoms with E-state index in [-0.39, 0.29) is 11.9 Å². The van der Waals surface area contributed by atoms with Crippen molar-refractivity contribution in [1.29, 1.82) is 0 Å². The molecular weight excluding hydrogens is 412 g/mol. The molecule has 1 saturated heterocycles. The van der Waals surface area contributed by atoms with Crippen molar-refractivity contribution >= 4 is 24.0 Å². The van der Waals surface area contributed by atoms with Crippen LogP contribution in [0.1, 0.15) is 51.9 Å². The van der Waals surface area contributed by atoms with Gasteiger partial charge in [0.05, 0.1) is 17.5 Å². The van der Waals surface area contributed by atoms with Crippen molar-refractivity contribution in [3.63, 3.8) is 0 Å². The highest BCUT2D eigenvalue weighted by Crippen LogP contribution is 2.52. The summed E-state index contributed by atoms with van der Waals surface area (Å²) in [4.78, 5) is 31.9. The van der Waals surface area contributed by atoms with E-state index in [4.69, 9.17) is 4.74 Å². The highest BCUT2D eigenvalue weighted by Gasteiger charge is 2.57. The fourth-order valence-corrected chi connectivity index (χ4v) is 5.24. The molecule has 0 bridgehead atoms. The molecule has 5 nitrogen and oxygen atoms in total. The van der Waals surface area contributed by atoms with Crippen molar-refractivity contribution in [2.45, 2.75) is 30.3 Å². The molecule has 1 saturated carbocycles. The zero-order valence-corrected chi connectivity index (χ0v) is 18.2. The van der Waals surface area contributed by atoms with E-state index in [1.54, 1.807) is 12.4 Å². The fourth-order valence-electron chi connectivity index (χ4n) is 5.24. The van der Waals surface area contributed by atoms with Gasteiger partial charge in [-0.15, -0.1) is 0 Å². The first-order chi connectivity index (χ1) is 16.1. The maximum Gasteiger partial charge on any atom is 0.339 e. The van der Waals surface area contributed by atoms with Gasteiger partial charge in [0, 0.05) is 30.9 Å². The number of benzene rings is 2. The molecule has 1 atom stereocenters. The number of hydrogen-bond acceptors (Lipinski definition) is 4. The first-order valence-corrected chi connectivity index (χ1v) is 11.4. The molecule has 5 heteroatoms. The molecule has 0 radical (unpaired) electrons. The lowest BCUT2D eigenvalue weighted by Gasteiger charge is -2.27. The molecule has 0 N–H and O–H groups in total. The Morgan fingerprint density at radius 3 is 2.33 bits per heavy atom. The van der Waals surface area contributed by atoms with E-state index in [2.05, 4.69) is 41.4 Å². The molecule has 3 aliphatic rings. The van der Waals surface area contributed by atoms with Crippen molar-refractivity contribution in [2.24, 2.45) is 0 Å². The molecule has 1 unspecified atom stereocenters. The van der Waals surface area contributed by atoms with Crippen molar-refractivity contribution in [3.05, 3.63) is 101 Å². The smallest absolute Gasteiger partial charge is 0.339 e. The van der Waals surface area contributed by atoms with E-state index < -0.39 is 11.0 Å². The number of ether oxygens (including phenoxy) is 1. The fraction of sp³-hybridized carbons (Fsp3) is 0.250. The van der Waals surface area contributed by atoms with E-state index >= 15 is 0 Å². The molecule has 1 aromatic heterocycles. The standard InChI is InChI=1S/C28H24N2O3/c31-25-23-3-1-2-4-24(23)28(33-25)15-18-30(19-28)26(32)27(13-14-27)22-9-7-20(8-10-22)5-6-21-11-16-29-17-12-21/h1-12,16-17H,13-15,18-19H2/b6-5+. The molecule has 1 amide bonds. The molecule has 33 heavy (non-hydrogen) atoms. The molecule has 164 valence electrons. The van der Waals surface area contributed by atoms with Crippen LogP contribution in [0, 0.1) is 0 Å². The number of hydrogen-bond donors (Lipinski definition) is 0. The van der Waals surface area contributed by atoms with Gasteiger partial charge in [-0.25, -0.2) is 4.79 Å². The van der Waals surface area contributed by atoms with Crippen LogP contribution >= 0.6 is 0 Å². The van der Waals surface area contributed by atoms with E-state index in [0.29, 0.717) is 25.1 Å². The first-order valence-electron chi connectivity index (χ1n) is 11.4. The van der Waals surface area contributed by atoms with Gasteiger partial charge in [0.2, 0.25) is 5.91 Å². The summed E-state index contributed by atoms with van der Waals surface area (Å²) in [6.45, 7) is 1.04. The van der Waals surface area contributed by atoms with Crippen molar-refractivity contribution in [3.8, 4) is 0 Å². The van der Waals surface area contributed by atoms with Crippen LogP contribution < -0.4 is 0 Å². The Hall–Kier alpha value is -3.73. The van der Waals surface area contributed by atoms with Crippen LogP contribution in [0.2, 0.25) is 0 Å². The van der Waals surface area contributed by atoms with E-state index in [9.17, 15) is 9.59 Å². The summed E-state index contributed by atoms with van der Waals surface area (Å²) in [7, 11) is 0. The van der Waals surface area contributed by atoms with Crippen LogP contribution in [0.5, 0.6) is 0 Å². The predicted molar refractivity (Wildman–Crippen MR) is 125 cm³/mol. The van der Waals surface area contributed by atoms with Crippen LogP contribution in [0.25, 0.3) is 12.2 Å². The quantitative estimate of drug-likeness (QED) is 0.562. The number of likely N-dealkylation sites (tertiary alicyclic amines) is 1. The topological polar surface area (TPSA) is 59.5 Å². The molecule has 6 rings (SSSR count). The zero-order chi connectivity index (χ0) is 22.5. The van der Waals surface area contributed by atoms with E-state index in [1.807, 2.05) is 41.3 Å². The van der Waals surface area contributed by atoms with Crippen molar-refractivity contribution in [2.75, 3.05) is 13.1 Å². The van der Waals surface area contributed by atoms with Gasteiger partial charge in [0.25, 0.3) is 0 Å². The second-order valence-electron chi connectivity index (χ2n) is 9.22. The second kappa shape index (κ2) is 7.41. The van der Waals surface area contributed by atoms with Crippen molar-refractivity contribution < 1.29 is 14.3 Å². The Balaban J connectivity index is 1.19. The minimum absolute atomic E-state index is 0.153. The number of esters is 1. The number of pyridine rings is 1. The van der Waals surface area contributed by atoms with Gasteiger partial charge in [0.1, 0.15) is 0 Å². The normalized spacial score (nSPS) is 22.5. The average Bonchev–Trinajstić information content (AvgIpc) is 3.49. The van der Waals surface area contributed by atoms with Gasteiger partial charge in [0.15, 0.2) is 5.60 Å². The van der Waals surface area contributed by atoms with Crippen LogP contribution in [0.15, 0.2) is 73.1 Å². The summed E-state index contributed by atoms with van der Waals surface area (Å²) in [6.07, 6.45) is 10.0. The lowest BCUT2D eigenvalue weighted by atomic mass is 9.91. The largest absolute Gasteiger partial charge is 0.449 e. The van der Waals surface area contributed by atoms with Crippen molar-refractivity contribution in [1.82, 2.24) is 9.88 Å². The number of amides is 1. The lowest BCUT2D eigenvalue weighted by Crippen LogP contribution is -2.40. The Labute approximate surface area is 192 Å². The van der Waals surface area contributed by atoms with Crippen LogP contribution in [0.4, 0.5) is 0 Å². The maximum atomic E-state index is 13.6. The Kier molecular flexibility index (Phi) is 4.47. The number of carbonyl (C=O) groups excluding carboxylic acids is 2. The summed E-state index contributed by atoms with van der Waals surface area (Å²) in [6, 6.07) is 19.8. The summed E-state index contributed by atoms with van der Waals surface area (Å²) >= 11 is 0. The molecule has 1 spiro atoms. The van der Waals surface area contributed by atoms with Crippen LogP contribution in [-0.2, 0) is 20.5 Å². The highest BCUT2D eigenvalue weighted by molar-refractivity contribution is 5.96. The van der Waals surface area contributed by atoms with E-state index in [1.165, 1.54) is 0 Å². The number of aromatic nitrogens is 1. The minimum Gasteiger partial charge on any atom is -0.449 e. The van der Waals surface area contributed by atoms with Crippen LogP contribution in [0.3, 0.4) is 0 Å². The SMILES string of the molecule is O=C1OC2(CCN(C(=O)C3(c4ccc(/C=C/c5ccncc5)cc4)CC3)C2)c2ccccc21. The van der Waals surface area contributed by atoms with Gasteiger partial charge >= 0.3 is 5.97 Å². The van der Waals surface area contributed by atoms with Gasteiger partial charge in [-0.1, -0.05) is 54.6 Å². The van der Waals surface area contributed by atoms with E-state index in [0.717, 1.165) is 35.1 Å². The monoisotopic (exact) mass is 436 g/mol. The molecular formula is C28H24N2O3. The molecule has 1 aliphatic carbocycles. The number of carbonyl (C=O) groups is 2. The van der Waals surface area contributed by atoms with Gasteiger partial charge in [-0.05, 0) is 47.7 Å². The average molecular weight is 437 g/mol. The number of rotatable bonds is 4. The Bertz CT molecular complexity index is 1260. The Morgan fingerprint density at radius 1 is 0.909 bits per heavy atom. The lowest BCUT2D eigenvalue weighted by molar-refractivity contribution is -0.134. The zero-order valence-electron chi connectivity index (χ0n) is 18.2. The molecule has 3 heterocycles. The molecule has 2 fully saturated rings. The maximum absolute atomic E-state index is 13.6. The number of nitrogens with zero attached hydrogens (tertiary/aromatic N) is 2. The van der Waals surface area contributed by atoms with Gasteiger partial charge < -0.3 is 9.64 Å². The third-order valence-corrected chi connectivity index (χ3v) is 7.24. The summed E-state index contributed by atoms with van der Waals surface area (Å²) < 4.78 is 5.83. The molecule has 2 aromatic carbocycles.